The number of rotatable bonds is 4. The normalized spacial score (nSPS) is 21.2. The Hall–Kier alpha value is -0.860. The van der Waals surface area contributed by atoms with Gasteiger partial charge in [0.25, 0.3) is 5.91 Å². The third-order valence-corrected chi connectivity index (χ3v) is 3.80. The fourth-order valence-electron chi connectivity index (χ4n) is 2.11. The van der Waals surface area contributed by atoms with Crippen molar-refractivity contribution < 1.29 is 9.59 Å². The van der Waals surface area contributed by atoms with E-state index in [4.69, 9.17) is 0 Å². The number of hydrogen-bond acceptors (Lipinski definition) is 2. The maximum absolute atomic E-state index is 12.1. The zero-order valence-corrected chi connectivity index (χ0v) is 10.9. The molecule has 0 radical (unpaired) electrons. The number of likely N-dealkylation sites (tertiary alicyclic amines) is 1. The number of carbonyl (C=O) groups is 2. The van der Waals surface area contributed by atoms with E-state index in [-0.39, 0.29) is 17.7 Å². The molecule has 0 bridgehead atoms. The monoisotopic (exact) mass is 225 g/mol. The average molecular weight is 225 g/mol. The molecule has 0 aromatic heterocycles. The van der Waals surface area contributed by atoms with E-state index >= 15 is 0 Å². The number of ketones is 1. The van der Waals surface area contributed by atoms with Crippen molar-refractivity contribution >= 4 is 11.7 Å². The molecule has 0 N–H and O–H groups in total. The Balaban J connectivity index is 2.74. The molecule has 1 saturated heterocycles. The number of carbonyl (C=O) groups excluding carboxylic acids is 2. The highest BCUT2D eigenvalue weighted by Crippen LogP contribution is 2.26. The first-order valence-corrected chi connectivity index (χ1v) is 6.29. The van der Waals surface area contributed by atoms with E-state index in [9.17, 15) is 9.59 Å². The SMILES string of the molecule is CCC1CCCN1C(=O)C(=O)C(C)(C)CC. The molecule has 92 valence electrons. The van der Waals surface area contributed by atoms with Gasteiger partial charge in [-0.15, -0.1) is 0 Å². The average Bonchev–Trinajstić information content (AvgIpc) is 2.74. The molecule has 1 aliphatic heterocycles. The predicted molar refractivity (Wildman–Crippen MR) is 64.1 cm³/mol. The van der Waals surface area contributed by atoms with Crippen molar-refractivity contribution in [3.8, 4) is 0 Å². The van der Waals surface area contributed by atoms with E-state index in [1.807, 2.05) is 20.8 Å². The first kappa shape index (κ1) is 13.2. The van der Waals surface area contributed by atoms with Crippen LogP contribution in [-0.4, -0.2) is 29.2 Å². The van der Waals surface area contributed by atoms with Crippen molar-refractivity contribution in [2.24, 2.45) is 5.41 Å². The summed E-state index contributed by atoms with van der Waals surface area (Å²) in [4.78, 5) is 25.9. The Morgan fingerprint density at radius 2 is 1.94 bits per heavy atom. The van der Waals surface area contributed by atoms with Crippen molar-refractivity contribution in [3.05, 3.63) is 0 Å². The molecule has 1 rings (SSSR count). The lowest BCUT2D eigenvalue weighted by atomic mass is 9.84. The largest absolute Gasteiger partial charge is 0.333 e. The molecular formula is C13H23NO2. The molecule has 1 atom stereocenters. The summed E-state index contributed by atoms with van der Waals surface area (Å²) < 4.78 is 0. The Kier molecular flexibility index (Phi) is 4.11. The maximum Gasteiger partial charge on any atom is 0.290 e. The van der Waals surface area contributed by atoms with Gasteiger partial charge in [0.2, 0.25) is 5.78 Å². The minimum atomic E-state index is -0.516. The van der Waals surface area contributed by atoms with E-state index in [0.29, 0.717) is 6.42 Å². The summed E-state index contributed by atoms with van der Waals surface area (Å²) in [7, 11) is 0. The number of amides is 1. The molecule has 1 unspecified atom stereocenters. The van der Waals surface area contributed by atoms with Crippen LogP contribution < -0.4 is 0 Å². The predicted octanol–water partition coefficient (Wildman–Crippen LogP) is 2.39. The van der Waals surface area contributed by atoms with Crippen LogP contribution >= 0.6 is 0 Å². The molecule has 0 spiro atoms. The van der Waals surface area contributed by atoms with Gasteiger partial charge in [0, 0.05) is 18.0 Å². The van der Waals surface area contributed by atoms with E-state index in [2.05, 4.69) is 6.92 Å². The molecule has 1 aliphatic rings. The first-order chi connectivity index (χ1) is 7.44. The van der Waals surface area contributed by atoms with Crippen molar-refractivity contribution in [2.45, 2.75) is 59.4 Å². The standard InChI is InChI=1S/C13H23NO2/c1-5-10-8-7-9-14(10)12(16)11(15)13(3,4)6-2/h10H,5-9H2,1-4H3. The van der Waals surface area contributed by atoms with Crippen LogP contribution in [0.2, 0.25) is 0 Å². The molecule has 16 heavy (non-hydrogen) atoms. The second-order valence-corrected chi connectivity index (χ2v) is 5.27. The van der Waals surface area contributed by atoms with Crippen LogP contribution in [0.3, 0.4) is 0 Å². The van der Waals surface area contributed by atoms with Gasteiger partial charge in [0.1, 0.15) is 0 Å². The van der Waals surface area contributed by atoms with Crippen molar-refractivity contribution in [3.63, 3.8) is 0 Å². The summed E-state index contributed by atoms with van der Waals surface area (Å²) in [6.45, 7) is 8.48. The van der Waals surface area contributed by atoms with Crippen LogP contribution in [0.4, 0.5) is 0 Å². The van der Waals surface area contributed by atoms with Crippen LogP contribution in [0.1, 0.15) is 53.4 Å². The van der Waals surface area contributed by atoms with Gasteiger partial charge in [-0.1, -0.05) is 27.7 Å². The summed E-state index contributed by atoms with van der Waals surface area (Å²) in [5.41, 5.74) is -0.516. The topological polar surface area (TPSA) is 37.4 Å². The van der Waals surface area contributed by atoms with Crippen LogP contribution in [-0.2, 0) is 9.59 Å². The quantitative estimate of drug-likeness (QED) is 0.689. The van der Waals surface area contributed by atoms with Crippen LogP contribution in [0.5, 0.6) is 0 Å². The zero-order valence-electron chi connectivity index (χ0n) is 10.9. The van der Waals surface area contributed by atoms with Crippen LogP contribution in [0.15, 0.2) is 0 Å². The van der Waals surface area contributed by atoms with Crippen LogP contribution in [0.25, 0.3) is 0 Å². The third kappa shape index (κ3) is 2.45. The number of Topliss-reactive ketones (excluding diaryl/α,β-unsaturated/α-hetero) is 1. The Labute approximate surface area is 98.2 Å². The molecule has 1 heterocycles. The smallest absolute Gasteiger partial charge is 0.290 e. The molecule has 1 amide bonds. The van der Waals surface area contributed by atoms with Gasteiger partial charge in [-0.3, -0.25) is 9.59 Å². The molecule has 1 fully saturated rings. The van der Waals surface area contributed by atoms with Crippen LogP contribution in [0, 0.1) is 5.41 Å². The minimum absolute atomic E-state index is 0.227. The summed E-state index contributed by atoms with van der Waals surface area (Å²) in [5, 5.41) is 0. The van der Waals surface area contributed by atoms with E-state index in [1.165, 1.54) is 0 Å². The van der Waals surface area contributed by atoms with Crippen molar-refractivity contribution in [1.82, 2.24) is 4.90 Å². The van der Waals surface area contributed by atoms with E-state index in [1.54, 1.807) is 4.90 Å². The maximum atomic E-state index is 12.1. The highest BCUT2D eigenvalue weighted by Gasteiger charge is 2.37. The van der Waals surface area contributed by atoms with Gasteiger partial charge >= 0.3 is 0 Å². The van der Waals surface area contributed by atoms with Gasteiger partial charge in [0.15, 0.2) is 0 Å². The third-order valence-electron chi connectivity index (χ3n) is 3.80. The second-order valence-electron chi connectivity index (χ2n) is 5.27. The summed E-state index contributed by atoms with van der Waals surface area (Å²) in [6.07, 6.45) is 3.74. The lowest BCUT2D eigenvalue weighted by Crippen LogP contribution is -2.44. The highest BCUT2D eigenvalue weighted by molar-refractivity contribution is 6.38. The second kappa shape index (κ2) is 4.98. The molecule has 0 aromatic rings. The fourth-order valence-corrected chi connectivity index (χ4v) is 2.11. The molecule has 3 nitrogen and oxygen atoms in total. The molecule has 0 aromatic carbocycles. The molecule has 3 heteroatoms. The number of nitrogens with zero attached hydrogens (tertiary/aromatic N) is 1. The van der Waals surface area contributed by atoms with Crippen molar-refractivity contribution in [1.29, 1.82) is 0 Å². The highest BCUT2D eigenvalue weighted by atomic mass is 16.2. The first-order valence-electron chi connectivity index (χ1n) is 6.29. The minimum Gasteiger partial charge on any atom is -0.333 e. The zero-order chi connectivity index (χ0) is 12.3. The lowest BCUT2D eigenvalue weighted by Gasteiger charge is -2.27. The van der Waals surface area contributed by atoms with Gasteiger partial charge in [0.05, 0.1) is 0 Å². The van der Waals surface area contributed by atoms with Crippen molar-refractivity contribution in [2.75, 3.05) is 6.54 Å². The van der Waals surface area contributed by atoms with Gasteiger partial charge in [-0.25, -0.2) is 0 Å². The van der Waals surface area contributed by atoms with E-state index in [0.717, 1.165) is 25.8 Å². The Bertz CT molecular complexity index is 284. The lowest BCUT2D eigenvalue weighted by molar-refractivity contribution is -0.149. The van der Waals surface area contributed by atoms with Gasteiger partial charge < -0.3 is 4.90 Å². The molecule has 0 aliphatic carbocycles. The summed E-state index contributed by atoms with van der Waals surface area (Å²) in [6, 6.07) is 0.282. The van der Waals surface area contributed by atoms with E-state index < -0.39 is 5.41 Å². The Morgan fingerprint density at radius 3 is 2.44 bits per heavy atom. The fraction of sp³-hybridized carbons (Fsp3) is 0.846. The Morgan fingerprint density at radius 1 is 1.31 bits per heavy atom. The molecule has 0 saturated carbocycles. The van der Waals surface area contributed by atoms with Gasteiger partial charge in [-0.05, 0) is 25.7 Å². The number of hydrogen-bond donors (Lipinski definition) is 0. The van der Waals surface area contributed by atoms with Gasteiger partial charge in [-0.2, -0.15) is 0 Å². The molecular weight excluding hydrogens is 202 g/mol. The summed E-state index contributed by atoms with van der Waals surface area (Å²) in [5.74, 6) is -0.494. The summed E-state index contributed by atoms with van der Waals surface area (Å²) >= 11 is 0.